The van der Waals surface area contributed by atoms with Gasteiger partial charge in [-0.15, -0.1) is 11.8 Å². The smallest absolute Gasteiger partial charge is 0.407 e. The third-order valence-electron chi connectivity index (χ3n) is 6.24. The van der Waals surface area contributed by atoms with E-state index in [1.807, 2.05) is 44.2 Å². The Morgan fingerprint density at radius 2 is 2.03 bits per heavy atom. The van der Waals surface area contributed by atoms with Gasteiger partial charge in [0.15, 0.2) is 0 Å². The van der Waals surface area contributed by atoms with E-state index in [9.17, 15) is 14.4 Å². The molecule has 2 aromatic rings. The average molecular weight is 489 g/mol. The molecule has 2 amide bonds. The molecule has 2 aliphatic heterocycles. The van der Waals surface area contributed by atoms with Crippen LogP contribution in [-0.2, 0) is 9.53 Å². The lowest BCUT2D eigenvalue weighted by Crippen LogP contribution is -2.55. The maximum Gasteiger partial charge on any atom is 0.407 e. The molecule has 4 rings (SSSR count). The number of rotatable bonds is 4. The molecule has 1 aromatic carbocycles. The molecule has 0 radical (unpaired) electrons. The van der Waals surface area contributed by atoms with Crippen molar-refractivity contribution in [1.82, 2.24) is 20.1 Å². The number of aromatic nitrogens is 1. The van der Waals surface area contributed by atoms with Gasteiger partial charge in [-0.2, -0.15) is 0 Å². The van der Waals surface area contributed by atoms with E-state index >= 15 is 0 Å². The number of nitrogens with zero attached hydrogens (tertiary/aromatic N) is 2. The third kappa shape index (κ3) is 4.59. The van der Waals surface area contributed by atoms with Gasteiger partial charge in [0.2, 0.25) is 5.91 Å². The number of hydrogen-bond donors (Lipinski definition) is 2. The van der Waals surface area contributed by atoms with Crippen molar-refractivity contribution in [2.45, 2.75) is 44.1 Å². The van der Waals surface area contributed by atoms with E-state index in [0.29, 0.717) is 6.42 Å². The predicted molar refractivity (Wildman–Crippen MR) is 132 cm³/mol. The minimum atomic E-state index is -0.601. The Bertz CT molecular complexity index is 1100. The normalized spacial score (nSPS) is 24.2. The summed E-state index contributed by atoms with van der Waals surface area (Å²) in [5, 5.41) is 6.32. The monoisotopic (exact) mass is 488 g/mol. The van der Waals surface area contributed by atoms with Crippen LogP contribution in [0.25, 0.3) is 10.9 Å². The van der Waals surface area contributed by atoms with Gasteiger partial charge < -0.3 is 20.3 Å². The van der Waals surface area contributed by atoms with Crippen molar-refractivity contribution in [2.75, 3.05) is 19.4 Å². The Balaban J connectivity index is 1.59. The van der Waals surface area contributed by atoms with Crippen molar-refractivity contribution >= 4 is 57.8 Å². The molecule has 2 saturated heterocycles. The van der Waals surface area contributed by atoms with Crippen molar-refractivity contribution in [2.24, 2.45) is 5.41 Å². The van der Waals surface area contributed by atoms with Crippen LogP contribution in [0.1, 0.15) is 31.5 Å². The number of amides is 2. The zero-order valence-electron chi connectivity index (χ0n) is 18.9. The van der Waals surface area contributed by atoms with Crippen LogP contribution < -0.4 is 10.6 Å². The minimum absolute atomic E-state index is 0.0780. The molecule has 3 atom stereocenters. The van der Waals surface area contributed by atoms with Gasteiger partial charge >= 0.3 is 6.09 Å². The third-order valence-corrected chi connectivity index (χ3v) is 7.73. The molecule has 2 N–H and O–H groups in total. The van der Waals surface area contributed by atoms with Crippen molar-refractivity contribution in [3.05, 3.63) is 36.5 Å². The van der Waals surface area contributed by atoms with Crippen LogP contribution >= 0.6 is 24.0 Å². The van der Waals surface area contributed by atoms with Crippen LogP contribution in [0, 0.1) is 5.41 Å². The van der Waals surface area contributed by atoms with Gasteiger partial charge in [-0.1, -0.05) is 44.3 Å². The number of carbonyl (C=O) groups is 3. The second-order valence-electron chi connectivity index (χ2n) is 8.98. The van der Waals surface area contributed by atoms with Gasteiger partial charge in [-0.05, 0) is 36.1 Å². The Morgan fingerprint density at radius 1 is 1.27 bits per heavy atom. The highest BCUT2D eigenvalue weighted by molar-refractivity contribution is 7.99. The SMILES string of the molecule is CNC(=O)OCC(=S)N[C@H]1CCS[C@H]2CC(C)(C)[C@@H](C(=O)n3ccc4ccccc43)N2C1=O. The van der Waals surface area contributed by atoms with Crippen LogP contribution in [0.4, 0.5) is 4.79 Å². The first kappa shape index (κ1) is 23.6. The fourth-order valence-corrected chi connectivity index (χ4v) is 6.45. The molecule has 0 saturated carbocycles. The van der Waals surface area contributed by atoms with E-state index in [1.165, 1.54) is 7.05 Å². The Kier molecular flexibility index (Phi) is 6.67. The van der Waals surface area contributed by atoms with Crippen LogP contribution in [0.2, 0.25) is 0 Å². The van der Waals surface area contributed by atoms with Gasteiger partial charge in [-0.3, -0.25) is 14.2 Å². The van der Waals surface area contributed by atoms with Crippen molar-refractivity contribution in [1.29, 1.82) is 0 Å². The first-order valence-electron chi connectivity index (χ1n) is 10.9. The summed E-state index contributed by atoms with van der Waals surface area (Å²) in [6.07, 6.45) is 2.50. The minimum Gasteiger partial charge on any atom is -0.442 e. The standard InChI is InChI=1S/C23H28N4O4S2/c1-23(2)12-18-27(19(23)21(29)26-10-8-14-6-4-5-7-16(14)26)20(28)15(9-11-33-18)25-17(32)13-31-22(30)24-3/h4-8,10,15,18-19H,9,11-13H2,1-3H3,(H,24,30)(H,25,32)/t15-,18-,19+/m0/s1. The summed E-state index contributed by atoms with van der Waals surface area (Å²) in [5.41, 5.74) is 0.444. The van der Waals surface area contributed by atoms with Gasteiger partial charge in [0.05, 0.1) is 10.9 Å². The number of ether oxygens (including phenoxy) is 1. The first-order chi connectivity index (χ1) is 15.7. The van der Waals surface area contributed by atoms with Crippen LogP contribution in [-0.4, -0.2) is 69.2 Å². The average Bonchev–Trinajstić information content (AvgIpc) is 3.29. The van der Waals surface area contributed by atoms with Crippen molar-refractivity contribution in [3.8, 4) is 0 Å². The van der Waals surface area contributed by atoms with E-state index in [-0.39, 0.29) is 34.2 Å². The molecule has 0 bridgehead atoms. The molecule has 0 aliphatic carbocycles. The van der Waals surface area contributed by atoms with E-state index in [2.05, 4.69) is 10.6 Å². The summed E-state index contributed by atoms with van der Waals surface area (Å²) in [6, 6.07) is 8.47. The van der Waals surface area contributed by atoms with Crippen molar-refractivity contribution < 1.29 is 19.1 Å². The zero-order chi connectivity index (χ0) is 23.8. The van der Waals surface area contributed by atoms with Gasteiger partial charge in [0, 0.05) is 18.6 Å². The first-order valence-corrected chi connectivity index (χ1v) is 12.4. The fourth-order valence-electron chi connectivity index (χ4n) is 4.67. The topological polar surface area (TPSA) is 92.7 Å². The maximum absolute atomic E-state index is 13.8. The zero-order valence-corrected chi connectivity index (χ0v) is 20.5. The molecule has 0 spiro atoms. The molecule has 1 aromatic heterocycles. The molecular formula is C23H28N4O4S2. The molecular weight excluding hydrogens is 460 g/mol. The fraction of sp³-hybridized carbons (Fsp3) is 0.478. The Labute approximate surface area is 202 Å². The van der Waals surface area contributed by atoms with Crippen LogP contribution in [0.5, 0.6) is 0 Å². The number of nitrogens with one attached hydrogen (secondary N) is 2. The number of carbonyl (C=O) groups excluding carboxylic acids is 3. The number of alkyl carbamates (subject to hydrolysis) is 1. The largest absolute Gasteiger partial charge is 0.442 e. The lowest BCUT2D eigenvalue weighted by atomic mass is 9.84. The van der Waals surface area contributed by atoms with Gasteiger partial charge in [-0.25, -0.2) is 4.79 Å². The molecule has 2 aliphatic rings. The van der Waals surface area contributed by atoms with E-state index in [0.717, 1.165) is 23.1 Å². The number of hydrogen-bond acceptors (Lipinski definition) is 6. The Morgan fingerprint density at radius 3 is 2.79 bits per heavy atom. The summed E-state index contributed by atoms with van der Waals surface area (Å²) >= 11 is 7.00. The highest BCUT2D eigenvalue weighted by Gasteiger charge is 2.54. The maximum atomic E-state index is 13.8. The van der Waals surface area contributed by atoms with E-state index < -0.39 is 18.2 Å². The molecule has 176 valence electrons. The van der Waals surface area contributed by atoms with Crippen LogP contribution in [0.3, 0.4) is 0 Å². The summed E-state index contributed by atoms with van der Waals surface area (Å²) < 4.78 is 6.65. The number of para-hydroxylation sites is 1. The predicted octanol–water partition coefficient (Wildman–Crippen LogP) is 3.01. The number of benzene rings is 1. The highest BCUT2D eigenvalue weighted by Crippen LogP contribution is 2.46. The van der Waals surface area contributed by atoms with E-state index in [1.54, 1.807) is 27.4 Å². The molecule has 10 heteroatoms. The molecule has 8 nitrogen and oxygen atoms in total. The van der Waals surface area contributed by atoms with Crippen LogP contribution in [0.15, 0.2) is 36.5 Å². The second-order valence-corrected chi connectivity index (χ2v) is 10.8. The van der Waals surface area contributed by atoms with Gasteiger partial charge in [0.25, 0.3) is 5.91 Å². The summed E-state index contributed by atoms with van der Waals surface area (Å²) in [5.74, 6) is 0.504. The summed E-state index contributed by atoms with van der Waals surface area (Å²) in [6.45, 7) is 3.99. The van der Waals surface area contributed by atoms with Crippen molar-refractivity contribution in [3.63, 3.8) is 0 Å². The summed E-state index contributed by atoms with van der Waals surface area (Å²) in [4.78, 5) is 40.9. The number of thiocarbonyl (C=S) groups is 1. The summed E-state index contributed by atoms with van der Waals surface area (Å²) in [7, 11) is 1.46. The highest BCUT2D eigenvalue weighted by atomic mass is 32.2. The lowest BCUT2D eigenvalue weighted by molar-refractivity contribution is -0.134. The molecule has 2 fully saturated rings. The molecule has 0 unspecified atom stereocenters. The lowest BCUT2D eigenvalue weighted by Gasteiger charge is -2.34. The quantitative estimate of drug-likeness (QED) is 0.639. The Hall–Kier alpha value is -2.59. The van der Waals surface area contributed by atoms with E-state index in [4.69, 9.17) is 17.0 Å². The number of thioether (sulfide) groups is 1. The number of fused-ring (bicyclic) bond motifs is 2. The molecule has 3 heterocycles. The molecule has 33 heavy (non-hydrogen) atoms. The van der Waals surface area contributed by atoms with Gasteiger partial charge in [0.1, 0.15) is 23.7 Å². The second kappa shape index (κ2) is 9.34.